The molecule has 34 heavy (non-hydrogen) atoms. The maximum absolute atomic E-state index is 6.03. The quantitative estimate of drug-likeness (QED) is 0.345. The fourth-order valence-electron chi connectivity index (χ4n) is 4.14. The first kappa shape index (κ1) is 22.5. The summed E-state index contributed by atoms with van der Waals surface area (Å²) in [4.78, 5) is 14.3. The van der Waals surface area contributed by atoms with Crippen molar-refractivity contribution in [1.29, 1.82) is 0 Å². The number of nitrogens with zero attached hydrogens (tertiary/aromatic N) is 6. The number of piperazine rings is 1. The second-order valence-corrected chi connectivity index (χ2v) is 8.69. The molecule has 176 valence electrons. The second kappa shape index (κ2) is 10.3. The Morgan fingerprint density at radius 1 is 0.971 bits per heavy atom. The van der Waals surface area contributed by atoms with Gasteiger partial charge in [-0.3, -0.25) is 4.90 Å². The zero-order valence-corrected chi connectivity index (χ0v) is 20.1. The van der Waals surface area contributed by atoms with Crippen LogP contribution in [0.15, 0.2) is 59.0 Å². The van der Waals surface area contributed by atoms with Crippen LogP contribution in [0.5, 0.6) is 5.88 Å². The van der Waals surface area contributed by atoms with E-state index in [1.54, 1.807) is 4.68 Å². The molecule has 0 N–H and O–H groups in total. The second-order valence-electron chi connectivity index (χ2n) is 8.34. The first-order chi connectivity index (χ1) is 16.7. The van der Waals surface area contributed by atoms with E-state index in [1.165, 1.54) is 5.69 Å². The molecule has 2 aromatic heterocycles. The molecule has 0 bridgehead atoms. The van der Waals surface area contributed by atoms with Gasteiger partial charge in [-0.05, 0) is 42.9 Å². The van der Waals surface area contributed by atoms with Crippen molar-refractivity contribution in [3.8, 4) is 5.88 Å². The van der Waals surface area contributed by atoms with E-state index in [9.17, 15) is 0 Å². The van der Waals surface area contributed by atoms with E-state index < -0.39 is 0 Å². The third kappa shape index (κ3) is 5.10. The average molecular weight is 477 g/mol. The molecule has 0 radical (unpaired) electrons. The van der Waals surface area contributed by atoms with Gasteiger partial charge in [-0.2, -0.15) is 4.98 Å². The van der Waals surface area contributed by atoms with Gasteiger partial charge in [0.15, 0.2) is 6.61 Å². The van der Waals surface area contributed by atoms with Crippen molar-refractivity contribution < 1.29 is 9.15 Å². The number of anilines is 1. The third-order valence-corrected chi connectivity index (χ3v) is 6.19. The molecule has 0 spiro atoms. The molecule has 9 heteroatoms. The van der Waals surface area contributed by atoms with Gasteiger partial charge in [-0.15, -0.1) is 5.10 Å². The van der Waals surface area contributed by atoms with E-state index >= 15 is 0 Å². The Labute approximate surface area is 203 Å². The predicted octanol–water partition coefficient (Wildman–Crippen LogP) is 4.46. The van der Waals surface area contributed by atoms with Crippen molar-refractivity contribution in [1.82, 2.24) is 24.6 Å². The Kier molecular flexibility index (Phi) is 6.82. The van der Waals surface area contributed by atoms with Crippen molar-refractivity contribution in [2.45, 2.75) is 33.0 Å². The highest BCUT2D eigenvalue weighted by Crippen LogP contribution is 2.23. The van der Waals surface area contributed by atoms with Gasteiger partial charge in [0.2, 0.25) is 5.88 Å². The van der Waals surface area contributed by atoms with Crippen molar-refractivity contribution >= 4 is 28.8 Å². The lowest BCUT2D eigenvalue weighted by Gasteiger charge is -2.35. The Hall–Kier alpha value is -3.30. The number of rotatable bonds is 8. The minimum atomic E-state index is 0.158. The zero-order valence-electron chi connectivity index (χ0n) is 19.3. The third-order valence-electron chi connectivity index (χ3n) is 5.90. The maximum atomic E-state index is 6.03. The number of benzene rings is 2. The molecule has 0 aliphatic carbocycles. The highest BCUT2D eigenvalue weighted by molar-refractivity contribution is 7.71. The van der Waals surface area contributed by atoms with Crippen LogP contribution < -0.4 is 9.64 Å². The number of aromatic nitrogens is 4. The van der Waals surface area contributed by atoms with Gasteiger partial charge in [0.05, 0.1) is 17.6 Å². The molecule has 0 saturated carbocycles. The molecular formula is C25H28N6O2S. The highest BCUT2D eigenvalue weighted by Gasteiger charge is 2.19. The minimum Gasteiger partial charge on any atom is -0.467 e. The van der Waals surface area contributed by atoms with Crippen LogP contribution in [0.2, 0.25) is 0 Å². The first-order valence-corrected chi connectivity index (χ1v) is 12.1. The Morgan fingerprint density at radius 2 is 1.74 bits per heavy atom. The fourth-order valence-corrected chi connectivity index (χ4v) is 4.34. The zero-order chi connectivity index (χ0) is 23.3. The van der Waals surface area contributed by atoms with Crippen molar-refractivity contribution in [2.24, 2.45) is 0 Å². The first-order valence-electron chi connectivity index (χ1n) is 11.7. The molecule has 4 aromatic rings. The van der Waals surface area contributed by atoms with E-state index in [2.05, 4.69) is 56.1 Å². The Morgan fingerprint density at radius 3 is 2.53 bits per heavy atom. The average Bonchev–Trinajstić information content (AvgIpc) is 3.22. The lowest BCUT2D eigenvalue weighted by Crippen LogP contribution is -2.46. The molecule has 2 aromatic carbocycles. The normalized spacial score (nSPS) is 14.6. The van der Waals surface area contributed by atoms with E-state index in [-0.39, 0.29) is 6.61 Å². The van der Waals surface area contributed by atoms with Gasteiger partial charge in [0.1, 0.15) is 5.82 Å². The molecule has 0 amide bonds. The molecule has 3 heterocycles. The summed E-state index contributed by atoms with van der Waals surface area (Å²) in [5, 5.41) is 5.43. The molecule has 0 unspecified atom stereocenters. The molecule has 0 atom stereocenters. The molecular weight excluding hydrogens is 448 g/mol. The minimum absolute atomic E-state index is 0.158. The van der Waals surface area contributed by atoms with Gasteiger partial charge in [-0.25, -0.2) is 9.67 Å². The van der Waals surface area contributed by atoms with Gasteiger partial charge >= 0.3 is 0 Å². The van der Waals surface area contributed by atoms with Gasteiger partial charge < -0.3 is 14.1 Å². The van der Waals surface area contributed by atoms with Crippen molar-refractivity contribution in [3.05, 3.63) is 71.1 Å². The number of aryl methyl sites for hydroxylation is 1. The van der Waals surface area contributed by atoms with E-state index in [1.807, 2.05) is 30.3 Å². The van der Waals surface area contributed by atoms with Crippen LogP contribution in [0.25, 0.3) is 10.9 Å². The summed E-state index contributed by atoms with van der Waals surface area (Å²) in [7, 11) is 0. The van der Waals surface area contributed by atoms with E-state index in [0.29, 0.717) is 23.3 Å². The van der Waals surface area contributed by atoms with Crippen LogP contribution in [-0.2, 0) is 19.7 Å². The Bertz CT molecular complexity index is 1300. The summed E-state index contributed by atoms with van der Waals surface area (Å²) in [6.45, 7) is 6.66. The molecule has 8 nitrogen and oxygen atoms in total. The summed E-state index contributed by atoms with van der Waals surface area (Å²) in [5.41, 5.74) is 2.14. The maximum Gasteiger partial charge on any atom is 0.288 e. The molecule has 1 aliphatic rings. The van der Waals surface area contributed by atoms with Crippen LogP contribution in [0.1, 0.15) is 25.1 Å². The monoisotopic (exact) mass is 476 g/mol. The highest BCUT2D eigenvalue weighted by atomic mass is 32.1. The number of hydrogen-bond acceptors (Lipinski definition) is 8. The van der Waals surface area contributed by atoms with Crippen LogP contribution in [0.3, 0.4) is 0 Å². The van der Waals surface area contributed by atoms with Gasteiger partial charge in [0.25, 0.3) is 10.7 Å². The summed E-state index contributed by atoms with van der Waals surface area (Å²) >= 11 is 5.42. The van der Waals surface area contributed by atoms with E-state index in [4.69, 9.17) is 21.4 Å². The van der Waals surface area contributed by atoms with Crippen molar-refractivity contribution in [2.75, 3.05) is 31.1 Å². The largest absolute Gasteiger partial charge is 0.467 e. The number of para-hydroxylation sites is 2. The molecule has 5 rings (SSSR count). The van der Waals surface area contributed by atoms with Crippen LogP contribution >= 0.6 is 12.2 Å². The van der Waals surface area contributed by atoms with E-state index in [0.717, 1.165) is 55.7 Å². The molecule has 1 aliphatic heterocycles. The number of fused-ring (bicyclic) bond motifs is 1. The molecule has 1 saturated heterocycles. The fraction of sp³-hybridized carbons (Fsp3) is 0.360. The SMILES string of the molecule is CCCc1nc(OCc2nn(CN3CCN(c4ccccc4)CC3)c(=S)o2)c2ccccc2n1. The van der Waals surface area contributed by atoms with Crippen molar-refractivity contribution in [3.63, 3.8) is 0 Å². The number of ether oxygens (including phenoxy) is 1. The van der Waals surface area contributed by atoms with Crippen LogP contribution in [0, 0.1) is 4.84 Å². The van der Waals surface area contributed by atoms with Crippen LogP contribution in [-0.4, -0.2) is 50.8 Å². The number of hydrogen-bond donors (Lipinski definition) is 0. The molecule has 1 fully saturated rings. The van der Waals surface area contributed by atoms with Crippen LogP contribution in [0.4, 0.5) is 5.69 Å². The summed E-state index contributed by atoms with van der Waals surface area (Å²) in [6.07, 6.45) is 1.77. The van der Waals surface area contributed by atoms with Gasteiger partial charge in [-0.1, -0.05) is 37.3 Å². The van der Waals surface area contributed by atoms with Gasteiger partial charge in [0, 0.05) is 38.3 Å². The summed E-state index contributed by atoms with van der Waals surface area (Å²) < 4.78 is 13.5. The predicted molar refractivity (Wildman–Crippen MR) is 133 cm³/mol. The Balaban J connectivity index is 1.22. The smallest absolute Gasteiger partial charge is 0.288 e. The summed E-state index contributed by atoms with van der Waals surface area (Å²) in [6, 6.07) is 18.4. The lowest BCUT2D eigenvalue weighted by atomic mass is 10.2. The lowest BCUT2D eigenvalue weighted by molar-refractivity contribution is 0.192. The summed E-state index contributed by atoms with van der Waals surface area (Å²) in [5.74, 6) is 1.76. The standard InChI is InChI=1S/C25H28N6O2S/c1-2-8-22-26-21-12-7-6-11-20(21)24(27-22)32-17-23-28-31(25(34)33-23)18-29-13-15-30(16-14-29)19-9-4-3-5-10-19/h3-7,9-12H,2,8,13-18H2,1H3. The topological polar surface area (TPSA) is 72.5 Å².